The van der Waals surface area contributed by atoms with Gasteiger partial charge in [0, 0.05) is 11.8 Å². The van der Waals surface area contributed by atoms with E-state index < -0.39 is 5.91 Å². The van der Waals surface area contributed by atoms with Crippen LogP contribution in [0.25, 0.3) is 0 Å². The average Bonchev–Trinajstić information content (AvgIpc) is 2.38. The van der Waals surface area contributed by atoms with Gasteiger partial charge in [-0.3, -0.25) is 4.79 Å². The van der Waals surface area contributed by atoms with Gasteiger partial charge >= 0.3 is 0 Å². The molecule has 5 nitrogen and oxygen atoms in total. The zero-order valence-electron chi connectivity index (χ0n) is 11.2. The number of primary amides is 1. The first-order valence-corrected chi connectivity index (χ1v) is 6.55. The number of hydrogen-bond donors (Lipinski definition) is 2. The number of nitrogens with zero attached hydrogens (tertiary/aromatic N) is 2. The Hall–Kier alpha value is -2.14. The highest BCUT2D eigenvalue weighted by Crippen LogP contribution is 2.27. The Morgan fingerprint density at radius 3 is 2.70 bits per heavy atom. The van der Waals surface area contributed by atoms with Crippen LogP contribution in [-0.2, 0) is 0 Å². The van der Waals surface area contributed by atoms with Gasteiger partial charge in [-0.15, -0.1) is 0 Å². The van der Waals surface area contributed by atoms with E-state index in [2.05, 4.69) is 15.3 Å². The summed E-state index contributed by atoms with van der Waals surface area (Å²) in [6.07, 6.45) is 1.68. The minimum absolute atomic E-state index is 0.147. The fourth-order valence-corrected chi connectivity index (χ4v) is 1.96. The predicted molar refractivity (Wildman–Crippen MR) is 79.4 cm³/mol. The molecule has 0 aliphatic heterocycles. The summed E-state index contributed by atoms with van der Waals surface area (Å²) in [6.45, 7) is 4.05. The monoisotopic (exact) mass is 290 g/mol. The van der Waals surface area contributed by atoms with Crippen molar-refractivity contribution in [1.29, 1.82) is 0 Å². The van der Waals surface area contributed by atoms with Crippen LogP contribution in [0.2, 0.25) is 5.28 Å². The Bertz CT molecular complexity index is 643. The number of benzene rings is 1. The van der Waals surface area contributed by atoms with Crippen LogP contribution < -0.4 is 11.1 Å². The highest BCUT2D eigenvalue weighted by Gasteiger charge is 2.13. The molecule has 104 valence electrons. The maximum atomic E-state index is 11.4. The maximum Gasteiger partial charge on any atom is 0.250 e. The maximum absolute atomic E-state index is 11.4. The molecule has 1 amide bonds. The summed E-state index contributed by atoms with van der Waals surface area (Å²) >= 11 is 5.84. The number of aromatic nitrogens is 2. The fraction of sp³-hybridized carbons (Fsp3) is 0.214. The summed E-state index contributed by atoms with van der Waals surface area (Å²) in [5, 5.41) is 3.25. The van der Waals surface area contributed by atoms with Crippen LogP contribution in [0.15, 0.2) is 30.5 Å². The van der Waals surface area contributed by atoms with Gasteiger partial charge in [0.25, 0.3) is 5.91 Å². The zero-order valence-corrected chi connectivity index (χ0v) is 12.0. The van der Waals surface area contributed by atoms with Crippen LogP contribution in [0, 0.1) is 0 Å². The van der Waals surface area contributed by atoms with Crippen LogP contribution in [0.4, 0.5) is 11.5 Å². The zero-order chi connectivity index (χ0) is 14.7. The molecule has 0 saturated carbocycles. The first kappa shape index (κ1) is 14.3. The van der Waals surface area contributed by atoms with Crippen LogP contribution in [-0.4, -0.2) is 15.9 Å². The normalized spacial score (nSPS) is 10.6. The third-order valence-corrected chi connectivity index (χ3v) is 3.04. The summed E-state index contributed by atoms with van der Waals surface area (Å²) in [4.78, 5) is 19.6. The Morgan fingerprint density at radius 1 is 1.35 bits per heavy atom. The van der Waals surface area contributed by atoms with Crippen LogP contribution in [0.5, 0.6) is 0 Å². The molecule has 2 aromatic rings. The molecule has 0 spiro atoms. The van der Waals surface area contributed by atoms with Gasteiger partial charge in [-0.2, -0.15) is 0 Å². The second-order valence-corrected chi connectivity index (χ2v) is 4.97. The van der Waals surface area contributed by atoms with Crippen molar-refractivity contribution in [2.45, 2.75) is 19.8 Å². The van der Waals surface area contributed by atoms with Crippen molar-refractivity contribution in [3.8, 4) is 0 Å². The number of rotatable bonds is 4. The molecular weight excluding hydrogens is 276 g/mol. The van der Waals surface area contributed by atoms with Gasteiger partial charge in [0.05, 0.1) is 11.3 Å². The van der Waals surface area contributed by atoms with Gasteiger partial charge in [0.1, 0.15) is 5.82 Å². The smallest absolute Gasteiger partial charge is 0.250 e. The van der Waals surface area contributed by atoms with Crippen molar-refractivity contribution in [2.24, 2.45) is 5.73 Å². The number of anilines is 2. The number of carbonyl (C=O) groups is 1. The molecule has 0 bridgehead atoms. The summed E-state index contributed by atoms with van der Waals surface area (Å²) in [5.41, 5.74) is 7.26. The molecule has 0 atom stereocenters. The number of hydrogen-bond acceptors (Lipinski definition) is 4. The van der Waals surface area contributed by atoms with E-state index in [1.54, 1.807) is 24.4 Å². The van der Waals surface area contributed by atoms with E-state index in [1.807, 2.05) is 19.9 Å². The quantitative estimate of drug-likeness (QED) is 0.848. The van der Waals surface area contributed by atoms with Gasteiger partial charge in [-0.05, 0) is 29.7 Å². The van der Waals surface area contributed by atoms with Gasteiger partial charge in [0.2, 0.25) is 5.28 Å². The second kappa shape index (κ2) is 5.88. The van der Waals surface area contributed by atoms with Gasteiger partial charge in [0.15, 0.2) is 0 Å². The number of para-hydroxylation sites is 1. The SMILES string of the molecule is CC(C)c1cnc(Cl)nc1Nc1ccccc1C(N)=O. The minimum atomic E-state index is -0.501. The summed E-state index contributed by atoms with van der Waals surface area (Å²) < 4.78 is 0. The predicted octanol–water partition coefficient (Wildman–Crippen LogP) is 3.10. The average molecular weight is 291 g/mol. The van der Waals surface area contributed by atoms with Crippen molar-refractivity contribution < 1.29 is 4.79 Å². The Balaban J connectivity index is 2.45. The first-order valence-electron chi connectivity index (χ1n) is 6.17. The van der Waals surface area contributed by atoms with Crippen molar-refractivity contribution in [2.75, 3.05) is 5.32 Å². The Morgan fingerprint density at radius 2 is 2.05 bits per heavy atom. The topological polar surface area (TPSA) is 80.9 Å². The number of halogens is 1. The van der Waals surface area contributed by atoms with Gasteiger partial charge in [-0.1, -0.05) is 26.0 Å². The lowest BCUT2D eigenvalue weighted by Gasteiger charge is -2.14. The second-order valence-electron chi connectivity index (χ2n) is 4.63. The van der Waals surface area contributed by atoms with E-state index in [9.17, 15) is 4.79 Å². The van der Waals surface area contributed by atoms with Gasteiger partial charge in [-0.25, -0.2) is 9.97 Å². The molecular formula is C14H15ClN4O. The largest absolute Gasteiger partial charge is 0.366 e. The van der Waals surface area contributed by atoms with Crippen LogP contribution in [0.3, 0.4) is 0 Å². The van der Waals surface area contributed by atoms with Crippen molar-refractivity contribution in [1.82, 2.24) is 9.97 Å². The van der Waals surface area contributed by atoms with Crippen LogP contribution >= 0.6 is 11.6 Å². The lowest BCUT2D eigenvalue weighted by Crippen LogP contribution is -2.14. The lowest BCUT2D eigenvalue weighted by atomic mass is 10.1. The van der Waals surface area contributed by atoms with Gasteiger partial charge < -0.3 is 11.1 Å². The highest BCUT2D eigenvalue weighted by atomic mass is 35.5. The Labute approximate surface area is 122 Å². The van der Waals surface area contributed by atoms with E-state index >= 15 is 0 Å². The molecule has 0 unspecified atom stereocenters. The molecule has 1 aromatic carbocycles. The number of nitrogens with one attached hydrogen (secondary N) is 1. The first-order chi connectivity index (χ1) is 9.49. The minimum Gasteiger partial charge on any atom is -0.366 e. The molecule has 1 heterocycles. The van der Waals surface area contributed by atoms with Crippen molar-refractivity contribution in [3.63, 3.8) is 0 Å². The molecule has 0 radical (unpaired) electrons. The number of amides is 1. The molecule has 0 fully saturated rings. The summed E-state index contributed by atoms with van der Waals surface area (Å²) in [6, 6.07) is 6.98. The summed E-state index contributed by atoms with van der Waals surface area (Å²) in [7, 11) is 0. The highest BCUT2D eigenvalue weighted by molar-refractivity contribution is 6.28. The molecule has 6 heteroatoms. The Kier molecular flexibility index (Phi) is 4.20. The summed E-state index contributed by atoms with van der Waals surface area (Å²) in [5.74, 6) is 0.295. The van der Waals surface area contributed by atoms with E-state index in [4.69, 9.17) is 17.3 Å². The van der Waals surface area contributed by atoms with Crippen molar-refractivity contribution >= 4 is 29.0 Å². The molecule has 0 saturated heterocycles. The molecule has 1 aromatic heterocycles. The number of nitrogens with two attached hydrogens (primary N) is 1. The molecule has 0 aliphatic rings. The number of carbonyl (C=O) groups excluding carboxylic acids is 1. The molecule has 0 aliphatic carbocycles. The third kappa shape index (κ3) is 3.05. The fourth-order valence-electron chi connectivity index (χ4n) is 1.83. The van der Waals surface area contributed by atoms with E-state index in [-0.39, 0.29) is 11.2 Å². The van der Waals surface area contributed by atoms with E-state index in [1.165, 1.54) is 0 Å². The molecule has 20 heavy (non-hydrogen) atoms. The lowest BCUT2D eigenvalue weighted by molar-refractivity contribution is 0.100. The molecule has 2 rings (SSSR count). The third-order valence-electron chi connectivity index (χ3n) is 2.86. The van der Waals surface area contributed by atoms with Crippen molar-refractivity contribution in [3.05, 3.63) is 46.9 Å². The van der Waals surface area contributed by atoms with Crippen LogP contribution in [0.1, 0.15) is 35.7 Å². The standard InChI is InChI=1S/C14H15ClN4O/c1-8(2)10-7-17-14(15)19-13(10)18-11-6-4-3-5-9(11)12(16)20/h3-8H,1-2H3,(H2,16,20)(H,17,18,19). The van der Waals surface area contributed by atoms with E-state index in [0.717, 1.165) is 5.56 Å². The molecule has 3 N–H and O–H groups in total. The van der Waals surface area contributed by atoms with E-state index in [0.29, 0.717) is 17.1 Å².